The molecule has 0 aliphatic rings. The number of rotatable bonds is 5. The zero-order valence-corrected chi connectivity index (χ0v) is 13.6. The van der Waals surface area contributed by atoms with Gasteiger partial charge in [-0.1, -0.05) is 41.1 Å². The number of nitro groups is 1. The summed E-state index contributed by atoms with van der Waals surface area (Å²) in [6.07, 6.45) is 0.654. The van der Waals surface area contributed by atoms with Crippen molar-refractivity contribution in [2.45, 2.75) is 26.8 Å². The maximum Gasteiger partial charge on any atom is 0.274 e. The minimum atomic E-state index is -0.327. The van der Waals surface area contributed by atoms with Gasteiger partial charge in [-0.15, -0.1) is 0 Å². The molecular formula is C16H17BrN2O2. The van der Waals surface area contributed by atoms with E-state index in [1.165, 1.54) is 5.56 Å². The highest BCUT2D eigenvalue weighted by Gasteiger charge is 2.12. The van der Waals surface area contributed by atoms with Gasteiger partial charge in [-0.05, 0) is 36.6 Å². The van der Waals surface area contributed by atoms with E-state index in [0.717, 1.165) is 21.3 Å². The normalized spacial score (nSPS) is 10.4. The number of anilines is 1. The molecule has 0 saturated heterocycles. The molecule has 21 heavy (non-hydrogen) atoms. The second-order valence-corrected chi connectivity index (χ2v) is 5.75. The van der Waals surface area contributed by atoms with Crippen LogP contribution in [0.5, 0.6) is 0 Å². The lowest BCUT2D eigenvalue weighted by molar-refractivity contribution is -0.385. The van der Waals surface area contributed by atoms with Gasteiger partial charge in [0.2, 0.25) is 0 Å². The molecule has 110 valence electrons. The van der Waals surface area contributed by atoms with Crippen LogP contribution in [0.2, 0.25) is 0 Å². The van der Waals surface area contributed by atoms with Crippen molar-refractivity contribution in [2.24, 2.45) is 0 Å². The standard InChI is InChI=1S/C16H17BrN2O2/c1-3-13-6-7-14(9-16(13)19(20)21)18-10-12-5-4-11(2)15(17)8-12/h4-9,18H,3,10H2,1-2H3. The fourth-order valence-corrected chi connectivity index (χ4v) is 2.52. The van der Waals surface area contributed by atoms with E-state index >= 15 is 0 Å². The lowest BCUT2D eigenvalue weighted by Crippen LogP contribution is -2.01. The first-order chi connectivity index (χ1) is 10.0. The van der Waals surface area contributed by atoms with Crippen LogP contribution in [0.4, 0.5) is 11.4 Å². The summed E-state index contributed by atoms with van der Waals surface area (Å²) in [6, 6.07) is 11.4. The fraction of sp³-hybridized carbons (Fsp3) is 0.250. The van der Waals surface area contributed by atoms with E-state index < -0.39 is 0 Å². The average Bonchev–Trinajstić information content (AvgIpc) is 2.48. The van der Waals surface area contributed by atoms with Crippen LogP contribution in [0.1, 0.15) is 23.6 Å². The fourth-order valence-electron chi connectivity index (χ4n) is 2.09. The van der Waals surface area contributed by atoms with Crippen LogP contribution in [0.15, 0.2) is 40.9 Å². The largest absolute Gasteiger partial charge is 0.381 e. The summed E-state index contributed by atoms with van der Waals surface area (Å²) in [5.41, 5.74) is 3.99. The molecule has 4 nitrogen and oxygen atoms in total. The lowest BCUT2D eigenvalue weighted by Gasteiger charge is -2.09. The van der Waals surface area contributed by atoms with E-state index in [9.17, 15) is 10.1 Å². The molecule has 0 heterocycles. The molecule has 5 heteroatoms. The van der Waals surface area contributed by atoms with E-state index in [1.807, 2.05) is 38.1 Å². The van der Waals surface area contributed by atoms with Gasteiger partial charge in [0.05, 0.1) is 4.92 Å². The Morgan fingerprint density at radius 2 is 2.00 bits per heavy atom. The third kappa shape index (κ3) is 3.82. The topological polar surface area (TPSA) is 55.2 Å². The molecular weight excluding hydrogens is 332 g/mol. The van der Waals surface area contributed by atoms with Gasteiger partial charge in [-0.3, -0.25) is 10.1 Å². The van der Waals surface area contributed by atoms with Crippen LogP contribution in [0, 0.1) is 17.0 Å². The van der Waals surface area contributed by atoms with E-state index in [0.29, 0.717) is 13.0 Å². The molecule has 0 amide bonds. The van der Waals surface area contributed by atoms with Gasteiger partial charge >= 0.3 is 0 Å². The number of nitrogens with one attached hydrogen (secondary N) is 1. The Labute approximate surface area is 132 Å². The minimum absolute atomic E-state index is 0.174. The van der Waals surface area contributed by atoms with Crippen LogP contribution in [0.25, 0.3) is 0 Å². The van der Waals surface area contributed by atoms with Crippen molar-refractivity contribution in [2.75, 3.05) is 5.32 Å². The van der Waals surface area contributed by atoms with Crippen LogP contribution in [-0.4, -0.2) is 4.92 Å². The van der Waals surface area contributed by atoms with Gasteiger partial charge in [-0.2, -0.15) is 0 Å². The van der Waals surface area contributed by atoms with E-state index in [2.05, 4.69) is 27.3 Å². The highest BCUT2D eigenvalue weighted by Crippen LogP contribution is 2.24. The number of benzene rings is 2. The zero-order chi connectivity index (χ0) is 15.4. The van der Waals surface area contributed by atoms with Crippen molar-refractivity contribution in [1.29, 1.82) is 0 Å². The number of hydrogen-bond acceptors (Lipinski definition) is 3. The Hall–Kier alpha value is -1.88. The Morgan fingerprint density at radius 3 is 2.62 bits per heavy atom. The van der Waals surface area contributed by atoms with Gasteiger partial charge in [0.1, 0.15) is 0 Å². The quantitative estimate of drug-likeness (QED) is 0.621. The minimum Gasteiger partial charge on any atom is -0.381 e. The first-order valence-corrected chi connectivity index (χ1v) is 7.56. The molecule has 0 spiro atoms. The Balaban J connectivity index is 2.14. The Morgan fingerprint density at radius 1 is 1.24 bits per heavy atom. The smallest absolute Gasteiger partial charge is 0.274 e. The molecule has 0 bridgehead atoms. The monoisotopic (exact) mass is 348 g/mol. The maximum atomic E-state index is 11.1. The molecule has 0 radical (unpaired) electrons. The highest BCUT2D eigenvalue weighted by atomic mass is 79.9. The Kier molecular flexibility index (Phi) is 4.96. The number of nitrogens with zero attached hydrogens (tertiary/aromatic N) is 1. The van der Waals surface area contributed by atoms with Crippen molar-refractivity contribution in [3.63, 3.8) is 0 Å². The van der Waals surface area contributed by atoms with E-state index in [1.54, 1.807) is 6.07 Å². The van der Waals surface area contributed by atoms with Crippen LogP contribution in [-0.2, 0) is 13.0 Å². The van der Waals surface area contributed by atoms with Crippen LogP contribution >= 0.6 is 15.9 Å². The summed E-state index contributed by atoms with van der Waals surface area (Å²) in [7, 11) is 0. The molecule has 0 aliphatic carbocycles. The summed E-state index contributed by atoms with van der Waals surface area (Å²) in [4.78, 5) is 10.7. The molecule has 0 fully saturated rings. The number of halogens is 1. The van der Waals surface area contributed by atoms with Crippen molar-refractivity contribution < 1.29 is 4.92 Å². The van der Waals surface area contributed by atoms with Crippen molar-refractivity contribution in [3.05, 3.63) is 67.7 Å². The molecule has 0 atom stereocenters. The predicted molar refractivity (Wildman–Crippen MR) is 88.7 cm³/mol. The molecule has 0 unspecified atom stereocenters. The summed E-state index contributed by atoms with van der Waals surface area (Å²) < 4.78 is 1.06. The van der Waals surface area contributed by atoms with Gasteiger partial charge in [0.15, 0.2) is 0 Å². The van der Waals surface area contributed by atoms with Crippen molar-refractivity contribution >= 4 is 27.3 Å². The molecule has 1 N–H and O–H groups in total. The summed E-state index contributed by atoms with van der Waals surface area (Å²) >= 11 is 3.50. The number of hydrogen-bond donors (Lipinski definition) is 1. The predicted octanol–water partition coefficient (Wildman–Crippen LogP) is 4.84. The SMILES string of the molecule is CCc1ccc(NCc2ccc(C)c(Br)c2)cc1[N+](=O)[O-]. The summed E-state index contributed by atoms with van der Waals surface area (Å²) in [5.74, 6) is 0. The first-order valence-electron chi connectivity index (χ1n) is 6.77. The maximum absolute atomic E-state index is 11.1. The first kappa shape index (κ1) is 15.5. The lowest BCUT2D eigenvalue weighted by atomic mass is 10.1. The molecule has 2 aromatic carbocycles. The zero-order valence-electron chi connectivity index (χ0n) is 12.0. The van der Waals surface area contributed by atoms with Crippen LogP contribution in [0.3, 0.4) is 0 Å². The highest BCUT2D eigenvalue weighted by molar-refractivity contribution is 9.10. The molecule has 0 aromatic heterocycles. The molecule has 2 rings (SSSR count). The van der Waals surface area contributed by atoms with Gasteiger partial charge in [-0.25, -0.2) is 0 Å². The van der Waals surface area contributed by atoms with Gasteiger partial charge in [0, 0.05) is 28.3 Å². The third-order valence-electron chi connectivity index (χ3n) is 3.40. The van der Waals surface area contributed by atoms with Crippen LogP contribution < -0.4 is 5.32 Å². The molecule has 2 aromatic rings. The van der Waals surface area contributed by atoms with E-state index in [-0.39, 0.29) is 10.6 Å². The van der Waals surface area contributed by atoms with Crippen molar-refractivity contribution in [3.8, 4) is 0 Å². The van der Waals surface area contributed by atoms with Crippen molar-refractivity contribution in [1.82, 2.24) is 0 Å². The van der Waals surface area contributed by atoms with E-state index in [4.69, 9.17) is 0 Å². The molecule has 0 aliphatic heterocycles. The van der Waals surface area contributed by atoms with Gasteiger partial charge in [0.25, 0.3) is 5.69 Å². The second kappa shape index (κ2) is 6.72. The third-order valence-corrected chi connectivity index (χ3v) is 4.25. The Bertz CT molecular complexity index is 671. The van der Waals surface area contributed by atoms with Gasteiger partial charge < -0.3 is 5.32 Å². The summed E-state index contributed by atoms with van der Waals surface area (Å²) in [5, 5.41) is 14.3. The molecule has 0 saturated carbocycles. The summed E-state index contributed by atoms with van der Waals surface area (Å²) in [6.45, 7) is 4.58. The number of aryl methyl sites for hydroxylation is 2. The number of nitro benzene ring substituents is 1. The second-order valence-electron chi connectivity index (χ2n) is 4.89. The average molecular weight is 349 g/mol.